The Morgan fingerprint density at radius 2 is 2.36 bits per heavy atom. The molecule has 0 radical (unpaired) electrons. The molecule has 60 valence electrons. The van der Waals surface area contributed by atoms with Crippen LogP contribution in [0.2, 0.25) is 0 Å². The molecule has 0 atom stereocenters. The molecule has 0 amide bonds. The van der Waals surface area contributed by atoms with Crippen molar-refractivity contribution >= 4 is 5.78 Å². The number of allylic oxidation sites excluding steroid dienone is 1. The van der Waals surface area contributed by atoms with Gasteiger partial charge in [0.05, 0.1) is 4.92 Å². The zero-order chi connectivity index (χ0) is 8.27. The highest BCUT2D eigenvalue weighted by atomic mass is 16.6. The third kappa shape index (κ3) is 2.03. The first kappa shape index (κ1) is 7.71. The number of ketones is 1. The van der Waals surface area contributed by atoms with Crippen LogP contribution in [0, 0.1) is 10.1 Å². The van der Waals surface area contributed by atoms with Gasteiger partial charge in [0, 0.05) is 13.0 Å². The number of hydrogen-bond donors (Lipinski definition) is 1. The Morgan fingerprint density at radius 1 is 1.64 bits per heavy atom. The fourth-order valence-electron chi connectivity index (χ4n) is 0.928. The smallest absolute Gasteiger partial charge is 0.261 e. The predicted molar refractivity (Wildman–Crippen MR) is 37.3 cm³/mol. The van der Waals surface area contributed by atoms with Crippen molar-refractivity contribution in [2.45, 2.75) is 12.8 Å². The second-order valence-corrected chi connectivity index (χ2v) is 2.28. The molecular formula is C6H8N2O3. The van der Waals surface area contributed by atoms with Crippen molar-refractivity contribution in [1.29, 1.82) is 0 Å². The molecule has 0 saturated carbocycles. The summed E-state index contributed by atoms with van der Waals surface area (Å²) in [6.07, 6.45) is 1.89. The maximum atomic E-state index is 10.9. The SMILES string of the molecule is O=C1CCCN/C1=C/[N+](=O)[O-]. The molecule has 1 heterocycles. The van der Waals surface area contributed by atoms with Crippen LogP contribution in [-0.2, 0) is 4.79 Å². The molecule has 0 bridgehead atoms. The van der Waals surface area contributed by atoms with E-state index in [1.807, 2.05) is 0 Å². The first-order valence-corrected chi connectivity index (χ1v) is 3.32. The fraction of sp³-hybridized carbons (Fsp3) is 0.500. The van der Waals surface area contributed by atoms with Gasteiger partial charge in [-0.15, -0.1) is 0 Å². The molecule has 11 heavy (non-hydrogen) atoms. The van der Waals surface area contributed by atoms with E-state index in [4.69, 9.17) is 0 Å². The van der Waals surface area contributed by atoms with E-state index < -0.39 is 4.92 Å². The molecule has 1 saturated heterocycles. The van der Waals surface area contributed by atoms with Gasteiger partial charge < -0.3 is 5.32 Å². The predicted octanol–water partition coefficient (Wildman–Crippen LogP) is 0.0570. The average Bonchev–Trinajstić information content (AvgIpc) is 1.93. The second kappa shape index (κ2) is 3.14. The summed E-state index contributed by atoms with van der Waals surface area (Å²) in [5, 5.41) is 12.6. The van der Waals surface area contributed by atoms with E-state index >= 15 is 0 Å². The van der Waals surface area contributed by atoms with Crippen molar-refractivity contribution < 1.29 is 9.72 Å². The summed E-state index contributed by atoms with van der Waals surface area (Å²) >= 11 is 0. The van der Waals surface area contributed by atoms with Crippen LogP contribution >= 0.6 is 0 Å². The number of nitrogens with one attached hydrogen (secondary N) is 1. The number of hydrogen-bond acceptors (Lipinski definition) is 4. The van der Waals surface area contributed by atoms with Crippen molar-refractivity contribution in [2.75, 3.05) is 6.54 Å². The number of nitro groups is 1. The van der Waals surface area contributed by atoms with Gasteiger partial charge in [-0.05, 0) is 6.42 Å². The maximum absolute atomic E-state index is 10.9. The molecule has 1 N–H and O–H groups in total. The van der Waals surface area contributed by atoms with Crippen LogP contribution in [0.4, 0.5) is 0 Å². The molecule has 0 aromatic carbocycles. The number of carbonyl (C=O) groups excluding carboxylic acids is 1. The minimum Gasteiger partial charge on any atom is -0.377 e. The Balaban J connectivity index is 2.68. The first-order chi connectivity index (χ1) is 5.20. The highest BCUT2D eigenvalue weighted by Gasteiger charge is 2.16. The molecule has 0 aromatic heterocycles. The summed E-state index contributed by atoms with van der Waals surface area (Å²) in [5.41, 5.74) is 0.126. The Kier molecular flexibility index (Phi) is 2.20. The van der Waals surface area contributed by atoms with Gasteiger partial charge in [-0.1, -0.05) is 0 Å². The van der Waals surface area contributed by atoms with E-state index in [9.17, 15) is 14.9 Å². The summed E-state index contributed by atoms with van der Waals surface area (Å²) in [5.74, 6) is -0.173. The lowest BCUT2D eigenvalue weighted by molar-refractivity contribution is -0.403. The third-order valence-electron chi connectivity index (χ3n) is 1.43. The van der Waals surface area contributed by atoms with Crippen LogP contribution in [0.5, 0.6) is 0 Å². The molecule has 1 aliphatic rings. The van der Waals surface area contributed by atoms with Crippen molar-refractivity contribution in [1.82, 2.24) is 5.32 Å². The summed E-state index contributed by atoms with van der Waals surface area (Å²) < 4.78 is 0. The van der Waals surface area contributed by atoms with E-state index in [1.54, 1.807) is 0 Å². The molecule has 5 nitrogen and oxygen atoms in total. The van der Waals surface area contributed by atoms with E-state index in [1.165, 1.54) is 0 Å². The molecule has 0 spiro atoms. The largest absolute Gasteiger partial charge is 0.377 e. The Hall–Kier alpha value is -1.39. The zero-order valence-electron chi connectivity index (χ0n) is 5.87. The van der Waals surface area contributed by atoms with Gasteiger partial charge in [-0.3, -0.25) is 14.9 Å². The highest BCUT2D eigenvalue weighted by Crippen LogP contribution is 2.05. The Labute approximate surface area is 63.2 Å². The third-order valence-corrected chi connectivity index (χ3v) is 1.43. The Morgan fingerprint density at radius 3 is 2.91 bits per heavy atom. The molecular weight excluding hydrogens is 148 g/mol. The fourth-order valence-corrected chi connectivity index (χ4v) is 0.928. The van der Waals surface area contributed by atoms with Gasteiger partial charge in [0.25, 0.3) is 6.20 Å². The molecule has 1 rings (SSSR count). The molecule has 1 aliphatic heterocycles. The van der Waals surface area contributed by atoms with Crippen LogP contribution in [0.25, 0.3) is 0 Å². The van der Waals surface area contributed by atoms with Crippen molar-refractivity contribution in [2.24, 2.45) is 0 Å². The minimum absolute atomic E-state index is 0.126. The number of carbonyl (C=O) groups is 1. The molecule has 5 heteroatoms. The lowest BCUT2D eigenvalue weighted by Crippen LogP contribution is -2.28. The van der Waals surface area contributed by atoms with Crippen molar-refractivity contribution in [3.8, 4) is 0 Å². The lowest BCUT2D eigenvalue weighted by Gasteiger charge is -2.12. The van der Waals surface area contributed by atoms with E-state index in [-0.39, 0.29) is 11.5 Å². The van der Waals surface area contributed by atoms with E-state index in [0.29, 0.717) is 13.0 Å². The van der Waals surface area contributed by atoms with Crippen LogP contribution < -0.4 is 5.32 Å². The van der Waals surface area contributed by atoms with E-state index in [0.717, 1.165) is 12.6 Å². The number of nitrogens with zero attached hydrogens (tertiary/aromatic N) is 1. The van der Waals surface area contributed by atoms with Crippen molar-refractivity contribution in [3.05, 3.63) is 22.0 Å². The quantitative estimate of drug-likeness (QED) is 0.331. The minimum atomic E-state index is -0.619. The molecule has 1 fully saturated rings. The number of Topliss-reactive ketones (excluding diaryl/α,β-unsaturated/α-hetero) is 1. The highest BCUT2D eigenvalue weighted by molar-refractivity contribution is 5.95. The zero-order valence-corrected chi connectivity index (χ0v) is 5.87. The van der Waals surface area contributed by atoms with Gasteiger partial charge in [0.15, 0.2) is 5.78 Å². The summed E-state index contributed by atoms with van der Waals surface area (Å²) in [6.45, 7) is 0.644. The summed E-state index contributed by atoms with van der Waals surface area (Å²) in [7, 11) is 0. The van der Waals surface area contributed by atoms with Crippen LogP contribution in [0.1, 0.15) is 12.8 Å². The second-order valence-electron chi connectivity index (χ2n) is 2.28. The van der Waals surface area contributed by atoms with Gasteiger partial charge in [0.2, 0.25) is 0 Å². The van der Waals surface area contributed by atoms with Crippen molar-refractivity contribution in [3.63, 3.8) is 0 Å². The van der Waals surface area contributed by atoms with Crippen LogP contribution in [0.3, 0.4) is 0 Å². The average molecular weight is 156 g/mol. The number of rotatable bonds is 1. The number of piperidine rings is 1. The van der Waals surface area contributed by atoms with Gasteiger partial charge >= 0.3 is 0 Å². The topological polar surface area (TPSA) is 72.2 Å². The van der Waals surface area contributed by atoms with Crippen LogP contribution in [0.15, 0.2) is 11.9 Å². The Bertz CT molecular complexity index is 222. The van der Waals surface area contributed by atoms with Gasteiger partial charge in [-0.2, -0.15) is 0 Å². The molecule has 0 unspecified atom stereocenters. The molecule has 0 aromatic rings. The summed E-state index contributed by atoms with van der Waals surface area (Å²) in [4.78, 5) is 20.2. The lowest BCUT2D eigenvalue weighted by atomic mass is 10.1. The molecule has 0 aliphatic carbocycles. The van der Waals surface area contributed by atoms with E-state index in [2.05, 4.69) is 5.32 Å². The van der Waals surface area contributed by atoms with Crippen LogP contribution in [-0.4, -0.2) is 17.3 Å². The monoisotopic (exact) mass is 156 g/mol. The normalized spacial score (nSPS) is 21.5. The van der Waals surface area contributed by atoms with Gasteiger partial charge in [-0.25, -0.2) is 0 Å². The first-order valence-electron chi connectivity index (χ1n) is 3.32. The summed E-state index contributed by atoms with van der Waals surface area (Å²) in [6, 6.07) is 0. The standard InChI is InChI=1S/C6H8N2O3/c9-6-2-1-3-7-5(6)4-8(10)11/h4,7H,1-3H2/b5-4+. The van der Waals surface area contributed by atoms with Gasteiger partial charge in [0.1, 0.15) is 5.70 Å². The maximum Gasteiger partial charge on any atom is 0.261 e.